The molecule has 8 heteroatoms. The molecule has 0 radical (unpaired) electrons. The fourth-order valence-electron chi connectivity index (χ4n) is 4.48. The number of aryl methyl sites for hydroxylation is 2. The molecule has 1 aromatic carbocycles. The Morgan fingerprint density at radius 2 is 1.91 bits per heavy atom. The Morgan fingerprint density at radius 3 is 2.58 bits per heavy atom. The molecule has 1 aliphatic heterocycles. The van der Waals surface area contributed by atoms with E-state index in [-0.39, 0.29) is 11.7 Å². The number of ether oxygens (including phenoxy) is 1. The zero-order valence-corrected chi connectivity index (χ0v) is 19.7. The fourth-order valence-corrected chi connectivity index (χ4v) is 4.48. The zero-order chi connectivity index (χ0) is 23.4. The summed E-state index contributed by atoms with van der Waals surface area (Å²) >= 11 is 0. The molecule has 176 valence electrons. The van der Waals surface area contributed by atoms with Crippen LogP contribution in [0.5, 0.6) is 0 Å². The van der Waals surface area contributed by atoms with Gasteiger partial charge in [0.15, 0.2) is 0 Å². The molecule has 0 aliphatic carbocycles. The Balaban J connectivity index is 1.74. The number of fused-ring (bicyclic) bond motifs is 1. The molecular formula is C25H32FN5O2. The summed E-state index contributed by atoms with van der Waals surface area (Å²) in [5.74, 6) is 0.440. The predicted octanol–water partition coefficient (Wildman–Crippen LogP) is 4.09. The van der Waals surface area contributed by atoms with Crippen LogP contribution in [-0.2, 0) is 18.3 Å². The molecule has 1 saturated heterocycles. The van der Waals surface area contributed by atoms with Crippen molar-refractivity contribution in [3.8, 4) is 0 Å². The molecular weight excluding hydrogens is 421 g/mol. The van der Waals surface area contributed by atoms with Crippen molar-refractivity contribution in [3.63, 3.8) is 0 Å². The minimum absolute atomic E-state index is 0.101. The molecule has 1 aliphatic rings. The Hall–Kier alpha value is -3.00. The number of aromatic nitrogens is 3. The normalized spacial score (nSPS) is 14.5. The molecule has 3 aromatic rings. The molecule has 33 heavy (non-hydrogen) atoms. The first-order valence-electron chi connectivity index (χ1n) is 11.6. The van der Waals surface area contributed by atoms with Crippen LogP contribution in [0.3, 0.4) is 0 Å². The standard InChI is InChI=1S/C25H32FN5O2/c1-18-14-23(29(2)28-18)25(32)31(12-13-33-3)17-20-15-19-8-9-21(26)16-22(19)27-24(20)30-10-6-4-5-7-11-30/h8-9,14-16H,4-7,10-13,17H2,1-3H3. The van der Waals surface area contributed by atoms with Gasteiger partial charge in [-0.2, -0.15) is 5.10 Å². The van der Waals surface area contributed by atoms with E-state index in [0.29, 0.717) is 30.9 Å². The van der Waals surface area contributed by atoms with E-state index in [9.17, 15) is 9.18 Å². The molecule has 1 fully saturated rings. The molecule has 7 nitrogen and oxygen atoms in total. The lowest BCUT2D eigenvalue weighted by Gasteiger charge is -2.28. The summed E-state index contributed by atoms with van der Waals surface area (Å²) in [5, 5.41) is 5.20. The van der Waals surface area contributed by atoms with Crippen molar-refractivity contribution in [2.24, 2.45) is 7.05 Å². The first kappa shape index (κ1) is 23.2. The van der Waals surface area contributed by atoms with Gasteiger partial charge in [0.25, 0.3) is 5.91 Å². The molecule has 4 rings (SSSR count). The number of amides is 1. The van der Waals surface area contributed by atoms with Gasteiger partial charge in [-0.05, 0) is 44.0 Å². The number of pyridine rings is 1. The van der Waals surface area contributed by atoms with Gasteiger partial charge < -0.3 is 14.5 Å². The summed E-state index contributed by atoms with van der Waals surface area (Å²) in [6.07, 6.45) is 4.60. The van der Waals surface area contributed by atoms with Crippen molar-refractivity contribution in [1.82, 2.24) is 19.7 Å². The third-order valence-corrected chi connectivity index (χ3v) is 6.18. The Kier molecular flexibility index (Phi) is 7.23. The van der Waals surface area contributed by atoms with Crippen LogP contribution in [0.25, 0.3) is 10.9 Å². The maximum Gasteiger partial charge on any atom is 0.272 e. The molecule has 3 heterocycles. The molecule has 0 spiro atoms. The van der Waals surface area contributed by atoms with E-state index in [1.165, 1.54) is 25.0 Å². The second-order valence-electron chi connectivity index (χ2n) is 8.72. The summed E-state index contributed by atoms with van der Waals surface area (Å²) in [6.45, 7) is 4.95. The van der Waals surface area contributed by atoms with Crippen LogP contribution in [0.15, 0.2) is 30.3 Å². The number of methoxy groups -OCH3 is 1. The number of carbonyl (C=O) groups excluding carboxylic acids is 1. The summed E-state index contributed by atoms with van der Waals surface area (Å²) in [6, 6.07) is 8.53. The Morgan fingerprint density at radius 1 is 1.15 bits per heavy atom. The number of hydrogen-bond donors (Lipinski definition) is 0. The van der Waals surface area contributed by atoms with Crippen LogP contribution in [0.2, 0.25) is 0 Å². The van der Waals surface area contributed by atoms with Gasteiger partial charge in [0.1, 0.15) is 17.3 Å². The third kappa shape index (κ3) is 5.33. The van der Waals surface area contributed by atoms with Crippen LogP contribution >= 0.6 is 0 Å². The minimum atomic E-state index is -0.298. The van der Waals surface area contributed by atoms with E-state index in [1.54, 1.807) is 35.9 Å². The van der Waals surface area contributed by atoms with E-state index in [4.69, 9.17) is 9.72 Å². The Bertz CT molecular complexity index is 1120. The monoisotopic (exact) mass is 453 g/mol. The highest BCUT2D eigenvalue weighted by molar-refractivity contribution is 5.93. The lowest BCUT2D eigenvalue weighted by molar-refractivity contribution is 0.0669. The van der Waals surface area contributed by atoms with Crippen LogP contribution in [0.4, 0.5) is 10.2 Å². The minimum Gasteiger partial charge on any atom is -0.383 e. The summed E-state index contributed by atoms with van der Waals surface area (Å²) in [7, 11) is 3.41. The molecule has 2 aromatic heterocycles. The van der Waals surface area contributed by atoms with Crippen molar-refractivity contribution in [1.29, 1.82) is 0 Å². The molecule has 0 unspecified atom stereocenters. The summed E-state index contributed by atoms with van der Waals surface area (Å²) in [5.41, 5.74) is 2.93. The average molecular weight is 454 g/mol. The third-order valence-electron chi connectivity index (χ3n) is 6.18. The average Bonchev–Trinajstić information content (AvgIpc) is 2.98. The maximum atomic E-state index is 13.9. The van der Waals surface area contributed by atoms with Gasteiger partial charge in [0.05, 0.1) is 17.8 Å². The number of hydrogen-bond acceptors (Lipinski definition) is 5. The number of benzene rings is 1. The number of rotatable bonds is 7. The van der Waals surface area contributed by atoms with Gasteiger partial charge in [-0.15, -0.1) is 0 Å². The lowest BCUT2D eigenvalue weighted by atomic mass is 10.1. The van der Waals surface area contributed by atoms with E-state index in [2.05, 4.69) is 10.00 Å². The number of carbonyl (C=O) groups is 1. The van der Waals surface area contributed by atoms with Gasteiger partial charge in [0, 0.05) is 57.4 Å². The van der Waals surface area contributed by atoms with Gasteiger partial charge in [0.2, 0.25) is 0 Å². The maximum absolute atomic E-state index is 13.9. The molecule has 0 N–H and O–H groups in total. The largest absolute Gasteiger partial charge is 0.383 e. The second kappa shape index (κ2) is 10.3. The second-order valence-corrected chi connectivity index (χ2v) is 8.72. The van der Waals surface area contributed by atoms with Crippen LogP contribution in [-0.4, -0.2) is 58.9 Å². The number of anilines is 1. The highest BCUT2D eigenvalue weighted by Gasteiger charge is 2.23. The van der Waals surface area contributed by atoms with Crippen LogP contribution in [0.1, 0.15) is 47.4 Å². The fraction of sp³-hybridized carbons (Fsp3) is 0.480. The Labute approximate surface area is 194 Å². The number of halogens is 1. The van der Waals surface area contributed by atoms with Gasteiger partial charge in [-0.25, -0.2) is 9.37 Å². The zero-order valence-electron chi connectivity index (χ0n) is 19.7. The van der Waals surface area contributed by atoms with Crippen molar-refractivity contribution in [2.45, 2.75) is 39.2 Å². The topological polar surface area (TPSA) is 63.5 Å². The number of nitrogens with zero attached hydrogens (tertiary/aromatic N) is 5. The highest BCUT2D eigenvalue weighted by atomic mass is 19.1. The van der Waals surface area contributed by atoms with Crippen molar-refractivity contribution < 1.29 is 13.9 Å². The predicted molar refractivity (Wildman–Crippen MR) is 127 cm³/mol. The van der Waals surface area contributed by atoms with Crippen molar-refractivity contribution in [2.75, 3.05) is 38.3 Å². The van der Waals surface area contributed by atoms with Gasteiger partial charge in [-0.3, -0.25) is 9.48 Å². The smallest absolute Gasteiger partial charge is 0.272 e. The summed E-state index contributed by atoms with van der Waals surface area (Å²) in [4.78, 5) is 22.4. The van der Waals surface area contributed by atoms with Crippen LogP contribution in [0, 0.1) is 12.7 Å². The first-order chi connectivity index (χ1) is 16.0. The molecule has 0 atom stereocenters. The van der Waals surface area contributed by atoms with Crippen molar-refractivity contribution >= 4 is 22.6 Å². The molecule has 0 bridgehead atoms. The van der Waals surface area contributed by atoms with Crippen molar-refractivity contribution in [3.05, 3.63) is 53.1 Å². The van der Waals surface area contributed by atoms with E-state index >= 15 is 0 Å². The first-order valence-corrected chi connectivity index (χ1v) is 11.6. The quantitative estimate of drug-likeness (QED) is 0.539. The SMILES string of the molecule is COCCN(Cc1cc2ccc(F)cc2nc1N1CCCCCC1)C(=O)c1cc(C)nn1C. The van der Waals surface area contributed by atoms with E-state index in [1.807, 2.05) is 13.0 Å². The summed E-state index contributed by atoms with van der Waals surface area (Å²) < 4.78 is 20.8. The van der Waals surface area contributed by atoms with Crippen LogP contribution < -0.4 is 4.90 Å². The van der Waals surface area contributed by atoms with E-state index < -0.39 is 0 Å². The van der Waals surface area contributed by atoms with Gasteiger partial charge >= 0.3 is 0 Å². The molecule has 1 amide bonds. The highest BCUT2D eigenvalue weighted by Crippen LogP contribution is 2.28. The molecule has 0 saturated carbocycles. The lowest BCUT2D eigenvalue weighted by Crippen LogP contribution is -2.36. The van der Waals surface area contributed by atoms with Gasteiger partial charge in [-0.1, -0.05) is 12.8 Å². The van der Waals surface area contributed by atoms with E-state index in [0.717, 1.165) is 48.4 Å².